The number of aromatic nitrogens is 2. The molecule has 0 aliphatic heterocycles. The number of nitrogens with one attached hydrogen (secondary N) is 2. The van der Waals surface area contributed by atoms with Crippen LogP contribution in [0.5, 0.6) is 11.5 Å². The van der Waals surface area contributed by atoms with Crippen molar-refractivity contribution >= 4 is 50.0 Å². The molecule has 53 heavy (non-hydrogen) atoms. The summed E-state index contributed by atoms with van der Waals surface area (Å²) < 4.78 is 39.7. The second kappa shape index (κ2) is 15.7. The lowest BCUT2D eigenvalue weighted by Gasteiger charge is -2.26. The van der Waals surface area contributed by atoms with Gasteiger partial charge in [-0.2, -0.15) is 0 Å². The standard InChI is InChI=1S/C39H51N5O7S2/c1-7-8-9-10-11-18-44(5)37(46)29-20-25(19-28(29)35(45)42-39(16-17-39)38(47)43-53(48,49)26-12-13-26)51-33-21-30(36-41-31(22-52-36)23(2)3)40-34-24(4)32(50-6)15-14-27(33)34/h7-8,14-15,21-23,25-26,28-29H,9-13,16-20H2,1-6H3,(H,42,45)(H,43,47)/b8-7-/t25-,28-,29-/m1/s1. The van der Waals surface area contributed by atoms with Gasteiger partial charge >= 0.3 is 0 Å². The number of thiazole rings is 1. The molecule has 3 aliphatic carbocycles. The van der Waals surface area contributed by atoms with E-state index in [-0.39, 0.29) is 24.7 Å². The molecule has 3 aromatic rings. The van der Waals surface area contributed by atoms with E-state index in [0.29, 0.717) is 54.9 Å². The van der Waals surface area contributed by atoms with Gasteiger partial charge in [0.25, 0.3) is 5.91 Å². The van der Waals surface area contributed by atoms with E-state index in [0.717, 1.165) is 40.9 Å². The summed E-state index contributed by atoms with van der Waals surface area (Å²) in [5, 5.41) is 5.87. The Morgan fingerprint density at radius 3 is 2.47 bits per heavy atom. The molecule has 0 bridgehead atoms. The molecule has 0 radical (unpaired) electrons. The van der Waals surface area contributed by atoms with Gasteiger partial charge in [-0.05, 0) is 89.7 Å². The molecule has 1 aromatic carbocycles. The number of nitrogens with zero attached hydrogens (tertiary/aromatic N) is 3. The molecule has 0 spiro atoms. The smallest absolute Gasteiger partial charge is 0.259 e. The average Bonchev–Trinajstić information content (AvgIpc) is 4.04. The normalized spacial score (nSPS) is 20.8. The van der Waals surface area contributed by atoms with Crippen molar-refractivity contribution in [3.05, 3.63) is 47.0 Å². The van der Waals surface area contributed by atoms with Crippen LogP contribution >= 0.6 is 11.3 Å². The number of aryl methyl sites for hydroxylation is 1. The molecule has 3 amide bonds. The lowest BCUT2D eigenvalue weighted by atomic mass is 9.93. The van der Waals surface area contributed by atoms with Crippen LogP contribution < -0.4 is 19.5 Å². The Hall–Kier alpha value is -4.04. The molecule has 2 aromatic heterocycles. The van der Waals surface area contributed by atoms with Gasteiger partial charge in [-0.1, -0.05) is 26.0 Å². The summed E-state index contributed by atoms with van der Waals surface area (Å²) in [7, 11) is -0.403. The molecule has 286 valence electrons. The second-order valence-corrected chi connectivity index (χ2v) is 17.8. The van der Waals surface area contributed by atoms with Gasteiger partial charge in [0.15, 0.2) is 0 Å². The molecule has 2 heterocycles. The van der Waals surface area contributed by atoms with Crippen molar-refractivity contribution in [2.24, 2.45) is 11.8 Å². The minimum absolute atomic E-state index is 0.155. The van der Waals surface area contributed by atoms with E-state index < -0.39 is 50.6 Å². The molecule has 3 fully saturated rings. The molecule has 2 N–H and O–H groups in total. The van der Waals surface area contributed by atoms with Crippen LogP contribution in [-0.4, -0.2) is 78.6 Å². The van der Waals surface area contributed by atoms with E-state index in [1.165, 1.54) is 11.3 Å². The largest absolute Gasteiger partial charge is 0.496 e. The highest BCUT2D eigenvalue weighted by atomic mass is 32.2. The third-order valence-electron chi connectivity index (χ3n) is 10.6. The number of carbonyl (C=O) groups is 3. The first-order chi connectivity index (χ1) is 25.3. The minimum atomic E-state index is -3.78. The van der Waals surface area contributed by atoms with Gasteiger partial charge in [0.1, 0.15) is 33.8 Å². The summed E-state index contributed by atoms with van der Waals surface area (Å²) >= 11 is 1.51. The Morgan fingerprint density at radius 1 is 1.09 bits per heavy atom. The summed E-state index contributed by atoms with van der Waals surface area (Å²) in [6, 6.07) is 5.66. The second-order valence-electron chi connectivity index (χ2n) is 15.0. The van der Waals surface area contributed by atoms with Crippen LogP contribution in [0.3, 0.4) is 0 Å². The van der Waals surface area contributed by atoms with Crippen LogP contribution in [0.2, 0.25) is 0 Å². The first-order valence-corrected chi connectivity index (χ1v) is 21.0. The van der Waals surface area contributed by atoms with E-state index in [1.807, 2.05) is 43.5 Å². The molecular formula is C39H51N5O7S2. The number of ether oxygens (including phenoxy) is 2. The SMILES string of the molecule is C/C=C\CCCCN(C)C(=O)[C@@H]1C[C@H](Oc2cc(-c3nc(C(C)C)cs3)nc3c(C)c(OC)ccc23)C[C@H]1C(=O)NC1(C(=O)NS(=O)(=O)C2CC2)CC1. The van der Waals surface area contributed by atoms with Crippen molar-refractivity contribution in [3.63, 3.8) is 0 Å². The quantitative estimate of drug-likeness (QED) is 0.131. The maximum atomic E-state index is 14.1. The number of unbranched alkanes of at least 4 members (excludes halogenated alkanes) is 2. The number of hydrogen-bond acceptors (Lipinski definition) is 10. The summed E-state index contributed by atoms with van der Waals surface area (Å²) in [5.74, 6) is -1.29. The Bertz CT molecular complexity index is 2000. The van der Waals surface area contributed by atoms with Crippen LogP contribution in [0, 0.1) is 18.8 Å². The zero-order valence-corrected chi connectivity index (χ0v) is 33.1. The van der Waals surface area contributed by atoms with E-state index in [2.05, 4.69) is 30.0 Å². The topological polar surface area (TPSA) is 157 Å². The molecule has 3 saturated carbocycles. The van der Waals surface area contributed by atoms with Crippen molar-refractivity contribution in [2.75, 3.05) is 20.7 Å². The summed E-state index contributed by atoms with van der Waals surface area (Å²) in [6.07, 6.45) is 8.49. The average molecular weight is 766 g/mol. The van der Waals surface area contributed by atoms with Crippen molar-refractivity contribution in [3.8, 4) is 22.2 Å². The van der Waals surface area contributed by atoms with Crippen molar-refractivity contribution in [2.45, 2.75) is 108 Å². The van der Waals surface area contributed by atoms with Crippen LogP contribution in [0.15, 0.2) is 35.7 Å². The Labute approximate surface area is 316 Å². The van der Waals surface area contributed by atoms with Gasteiger partial charge in [0, 0.05) is 36.0 Å². The van der Waals surface area contributed by atoms with Gasteiger partial charge in [-0.25, -0.2) is 18.4 Å². The summed E-state index contributed by atoms with van der Waals surface area (Å²) in [6.45, 7) is 8.66. The number of benzene rings is 1. The number of methoxy groups -OCH3 is 1. The molecule has 0 saturated heterocycles. The third kappa shape index (κ3) is 8.53. The molecule has 12 nitrogen and oxygen atoms in total. The van der Waals surface area contributed by atoms with Crippen molar-refractivity contribution in [1.29, 1.82) is 0 Å². The van der Waals surface area contributed by atoms with Gasteiger partial charge in [0.05, 0.1) is 35.4 Å². The molecule has 6 rings (SSSR count). The maximum Gasteiger partial charge on any atom is 0.259 e. The molecule has 3 atom stereocenters. The molecule has 3 aliphatic rings. The summed E-state index contributed by atoms with van der Waals surface area (Å²) in [4.78, 5) is 52.9. The van der Waals surface area contributed by atoms with Crippen molar-refractivity contribution in [1.82, 2.24) is 24.9 Å². The van der Waals surface area contributed by atoms with E-state index in [4.69, 9.17) is 19.4 Å². The van der Waals surface area contributed by atoms with Crippen LogP contribution in [0.1, 0.15) is 95.7 Å². The zero-order valence-electron chi connectivity index (χ0n) is 31.4. The number of fused-ring (bicyclic) bond motifs is 1. The first kappa shape index (κ1) is 38.7. The number of allylic oxidation sites excluding steroid dienone is 2. The lowest BCUT2D eigenvalue weighted by Crippen LogP contribution is -2.53. The van der Waals surface area contributed by atoms with Crippen LogP contribution in [-0.2, 0) is 24.4 Å². The van der Waals surface area contributed by atoms with Gasteiger partial charge in [-0.3, -0.25) is 19.1 Å². The molecular weight excluding hydrogens is 715 g/mol. The van der Waals surface area contributed by atoms with E-state index in [1.54, 1.807) is 19.1 Å². The Balaban J connectivity index is 1.28. The van der Waals surface area contributed by atoms with Gasteiger partial charge < -0.3 is 19.7 Å². The first-order valence-electron chi connectivity index (χ1n) is 18.6. The highest BCUT2D eigenvalue weighted by Crippen LogP contribution is 2.43. The van der Waals surface area contributed by atoms with Crippen LogP contribution in [0.25, 0.3) is 21.6 Å². The fourth-order valence-corrected chi connectivity index (χ4v) is 9.35. The number of carbonyl (C=O) groups excluding carboxylic acids is 3. The minimum Gasteiger partial charge on any atom is -0.496 e. The monoisotopic (exact) mass is 765 g/mol. The number of rotatable bonds is 16. The fourth-order valence-electron chi connectivity index (χ4n) is 7.03. The Kier molecular flexibility index (Phi) is 11.5. The molecule has 0 unspecified atom stereocenters. The molecule has 14 heteroatoms. The Morgan fingerprint density at radius 2 is 1.83 bits per heavy atom. The maximum absolute atomic E-state index is 14.1. The zero-order chi connectivity index (χ0) is 38.1. The van der Waals surface area contributed by atoms with E-state index >= 15 is 0 Å². The van der Waals surface area contributed by atoms with Crippen molar-refractivity contribution < 1.29 is 32.3 Å². The summed E-state index contributed by atoms with van der Waals surface area (Å²) in [5.41, 5.74) is 1.88. The lowest BCUT2D eigenvalue weighted by molar-refractivity contribution is -0.140. The number of pyridine rings is 1. The predicted molar refractivity (Wildman–Crippen MR) is 205 cm³/mol. The van der Waals surface area contributed by atoms with E-state index in [9.17, 15) is 22.8 Å². The van der Waals surface area contributed by atoms with Gasteiger partial charge in [0.2, 0.25) is 21.8 Å². The highest BCUT2D eigenvalue weighted by Gasteiger charge is 2.55. The third-order valence-corrected chi connectivity index (χ3v) is 13.3. The number of amides is 3. The number of sulfonamides is 1. The number of hydrogen-bond donors (Lipinski definition) is 2. The van der Waals surface area contributed by atoms with Crippen LogP contribution in [0.4, 0.5) is 0 Å². The predicted octanol–water partition coefficient (Wildman–Crippen LogP) is 6.03. The van der Waals surface area contributed by atoms with Gasteiger partial charge in [-0.15, -0.1) is 11.3 Å². The fraction of sp³-hybridized carbons (Fsp3) is 0.564. The highest BCUT2D eigenvalue weighted by molar-refractivity contribution is 7.91.